The van der Waals surface area contributed by atoms with Gasteiger partial charge in [-0.1, -0.05) is 43.7 Å². The first-order chi connectivity index (χ1) is 18.0. The molecule has 0 aliphatic carbocycles. The number of pyridine rings is 1. The van der Waals surface area contributed by atoms with Gasteiger partial charge in [0.1, 0.15) is 5.82 Å². The molecule has 9 nitrogen and oxygen atoms in total. The number of nitrogens with one attached hydrogen (secondary N) is 1. The van der Waals surface area contributed by atoms with E-state index in [0.717, 1.165) is 34.4 Å². The van der Waals surface area contributed by atoms with Gasteiger partial charge in [-0.25, -0.2) is 9.18 Å². The van der Waals surface area contributed by atoms with Gasteiger partial charge in [-0.3, -0.25) is 18.9 Å². The molecule has 3 aromatic heterocycles. The normalized spacial score (nSPS) is 11.1. The molecule has 0 saturated heterocycles. The summed E-state index contributed by atoms with van der Waals surface area (Å²) in [5, 5.41) is 14.2. The zero-order chi connectivity index (χ0) is 25.9. The van der Waals surface area contributed by atoms with Gasteiger partial charge in [0.25, 0.3) is 0 Å². The number of aromatic nitrogens is 7. The van der Waals surface area contributed by atoms with Crippen LogP contribution in [0.25, 0.3) is 28.2 Å². The molecule has 0 aliphatic heterocycles. The van der Waals surface area contributed by atoms with Crippen molar-refractivity contribution in [2.24, 2.45) is 0 Å². The highest BCUT2D eigenvalue weighted by Crippen LogP contribution is 2.29. The van der Waals surface area contributed by atoms with Crippen LogP contribution in [0.3, 0.4) is 0 Å². The molecule has 2 aromatic carbocycles. The number of carbonyl (C=O) groups excluding carboxylic acids is 1. The number of H-pyrrole nitrogens is 1. The SMILES string of the molecule is CCCc1cn(-c2c(F)cccc2C(C)=O)c(=O)n1Cc1ccc(-c2ccncc2-c2nn[nH]n2)cc1. The Balaban J connectivity index is 1.51. The number of rotatable bonds is 8. The number of aromatic amines is 1. The van der Waals surface area contributed by atoms with E-state index >= 15 is 0 Å². The maximum absolute atomic E-state index is 14.8. The van der Waals surface area contributed by atoms with E-state index in [1.54, 1.807) is 23.2 Å². The van der Waals surface area contributed by atoms with Crippen molar-refractivity contribution in [1.29, 1.82) is 0 Å². The lowest BCUT2D eigenvalue weighted by atomic mass is 10.00. The highest BCUT2D eigenvalue weighted by atomic mass is 19.1. The Morgan fingerprint density at radius 2 is 1.89 bits per heavy atom. The average molecular weight is 498 g/mol. The number of benzene rings is 2. The number of para-hydroxylation sites is 1. The second kappa shape index (κ2) is 10.1. The lowest BCUT2D eigenvalue weighted by Gasteiger charge is -2.10. The second-order valence-electron chi connectivity index (χ2n) is 8.65. The van der Waals surface area contributed by atoms with Crippen molar-refractivity contribution in [3.63, 3.8) is 0 Å². The molecule has 0 aliphatic rings. The van der Waals surface area contributed by atoms with E-state index in [1.807, 2.05) is 37.3 Å². The van der Waals surface area contributed by atoms with E-state index < -0.39 is 11.5 Å². The van der Waals surface area contributed by atoms with E-state index in [0.29, 0.717) is 18.8 Å². The lowest BCUT2D eigenvalue weighted by Crippen LogP contribution is -2.26. The van der Waals surface area contributed by atoms with E-state index in [-0.39, 0.29) is 17.0 Å². The Kier molecular flexibility index (Phi) is 6.55. The predicted molar refractivity (Wildman–Crippen MR) is 136 cm³/mol. The Labute approximate surface area is 211 Å². The Morgan fingerprint density at radius 1 is 1.08 bits per heavy atom. The summed E-state index contributed by atoms with van der Waals surface area (Å²) in [6.07, 6.45) is 6.46. The molecule has 0 radical (unpaired) electrons. The highest BCUT2D eigenvalue weighted by Gasteiger charge is 2.20. The van der Waals surface area contributed by atoms with Gasteiger partial charge in [0.05, 0.1) is 12.2 Å². The molecule has 0 spiro atoms. The van der Waals surface area contributed by atoms with E-state index in [4.69, 9.17) is 0 Å². The summed E-state index contributed by atoms with van der Waals surface area (Å²) in [5.41, 5.74) is 4.00. The van der Waals surface area contributed by atoms with Crippen LogP contribution < -0.4 is 5.69 Å². The van der Waals surface area contributed by atoms with Gasteiger partial charge in [-0.05, 0) is 53.4 Å². The molecule has 37 heavy (non-hydrogen) atoms. The monoisotopic (exact) mass is 497 g/mol. The summed E-state index contributed by atoms with van der Waals surface area (Å²) < 4.78 is 17.7. The van der Waals surface area contributed by atoms with E-state index in [9.17, 15) is 14.0 Å². The van der Waals surface area contributed by atoms with Crippen molar-refractivity contribution in [1.82, 2.24) is 34.7 Å². The summed E-state index contributed by atoms with van der Waals surface area (Å²) in [6.45, 7) is 3.68. The molecule has 186 valence electrons. The standard InChI is InChI=1S/C27H24FN7O2/c1-3-5-20-16-35(25-21(17(2)36)6-4-7-24(25)28)27(37)34(20)15-18-8-10-19(11-9-18)22-12-13-29-14-23(22)26-30-32-33-31-26/h4,6-14,16H,3,5,15H2,1-2H3,(H,30,31,32,33). The Morgan fingerprint density at radius 3 is 2.59 bits per heavy atom. The second-order valence-corrected chi connectivity index (χ2v) is 8.65. The van der Waals surface area contributed by atoms with E-state index in [2.05, 4.69) is 25.6 Å². The zero-order valence-corrected chi connectivity index (χ0v) is 20.3. The number of ketones is 1. The van der Waals surface area contributed by atoms with Crippen LogP contribution >= 0.6 is 0 Å². The summed E-state index contributed by atoms with van der Waals surface area (Å²) in [5.74, 6) is -0.477. The van der Waals surface area contributed by atoms with Crippen molar-refractivity contribution in [2.75, 3.05) is 0 Å². The summed E-state index contributed by atoms with van der Waals surface area (Å²) in [4.78, 5) is 29.8. The van der Waals surface area contributed by atoms with Crippen molar-refractivity contribution >= 4 is 5.78 Å². The largest absolute Gasteiger partial charge is 0.333 e. The van der Waals surface area contributed by atoms with Crippen LogP contribution in [0, 0.1) is 5.82 Å². The number of hydrogen-bond donors (Lipinski definition) is 1. The van der Waals surface area contributed by atoms with Gasteiger partial charge >= 0.3 is 5.69 Å². The molecule has 10 heteroatoms. The summed E-state index contributed by atoms with van der Waals surface area (Å²) in [7, 11) is 0. The molecule has 5 aromatic rings. The molecule has 0 atom stereocenters. The zero-order valence-electron chi connectivity index (χ0n) is 20.3. The topological polar surface area (TPSA) is 111 Å². The highest BCUT2D eigenvalue weighted by molar-refractivity contribution is 5.97. The first-order valence-corrected chi connectivity index (χ1v) is 11.9. The van der Waals surface area contributed by atoms with E-state index in [1.165, 1.54) is 29.7 Å². The number of Topliss-reactive ketones (excluding diaryl/α,β-unsaturated/α-hetero) is 1. The van der Waals surface area contributed by atoms with Crippen LogP contribution in [-0.2, 0) is 13.0 Å². The third-order valence-electron chi connectivity index (χ3n) is 6.19. The molecule has 0 unspecified atom stereocenters. The maximum Gasteiger partial charge on any atom is 0.333 e. The number of carbonyl (C=O) groups is 1. The Hall–Kier alpha value is -4.73. The molecule has 3 heterocycles. The van der Waals surface area contributed by atoms with Crippen LogP contribution in [0.2, 0.25) is 0 Å². The average Bonchev–Trinajstić information content (AvgIpc) is 3.54. The van der Waals surface area contributed by atoms with Gasteiger partial charge in [0, 0.05) is 35.4 Å². The number of imidazole rings is 1. The van der Waals surface area contributed by atoms with Crippen molar-refractivity contribution in [2.45, 2.75) is 33.2 Å². The van der Waals surface area contributed by atoms with Gasteiger partial charge in [-0.15, -0.1) is 10.2 Å². The maximum atomic E-state index is 14.8. The third-order valence-corrected chi connectivity index (χ3v) is 6.19. The molecule has 0 bridgehead atoms. The van der Waals surface area contributed by atoms with Crippen molar-refractivity contribution in [3.05, 3.63) is 100 Å². The van der Waals surface area contributed by atoms with Crippen LogP contribution in [-0.4, -0.2) is 40.5 Å². The van der Waals surface area contributed by atoms with Crippen molar-refractivity contribution in [3.8, 4) is 28.2 Å². The van der Waals surface area contributed by atoms with Crippen LogP contribution in [0.1, 0.15) is 41.9 Å². The van der Waals surface area contributed by atoms with Gasteiger partial charge in [0.2, 0.25) is 5.82 Å². The molecule has 0 saturated carbocycles. The minimum absolute atomic E-state index is 0.0156. The van der Waals surface area contributed by atoms with Gasteiger partial charge in [0.15, 0.2) is 5.78 Å². The molecular formula is C27H24FN7O2. The van der Waals surface area contributed by atoms with Gasteiger partial charge < -0.3 is 0 Å². The number of tetrazole rings is 1. The minimum Gasteiger partial charge on any atom is -0.294 e. The fraction of sp³-hybridized carbons (Fsp3) is 0.185. The van der Waals surface area contributed by atoms with Gasteiger partial charge in [-0.2, -0.15) is 5.21 Å². The fourth-order valence-corrected chi connectivity index (χ4v) is 4.43. The van der Waals surface area contributed by atoms with Crippen molar-refractivity contribution < 1.29 is 9.18 Å². The molecule has 1 N–H and O–H groups in total. The number of hydrogen-bond acceptors (Lipinski definition) is 6. The molecule has 0 amide bonds. The quantitative estimate of drug-likeness (QED) is 0.321. The Bertz CT molecular complexity index is 1620. The third kappa shape index (κ3) is 4.61. The predicted octanol–water partition coefficient (Wildman–Crippen LogP) is 4.22. The van der Waals surface area contributed by atoms with Crippen LogP contribution in [0.5, 0.6) is 0 Å². The summed E-state index contributed by atoms with van der Waals surface area (Å²) in [6, 6.07) is 13.9. The fourth-order valence-electron chi connectivity index (χ4n) is 4.43. The first kappa shape index (κ1) is 24.0. The van der Waals surface area contributed by atoms with Crippen LogP contribution in [0.4, 0.5) is 4.39 Å². The molecule has 0 fully saturated rings. The summed E-state index contributed by atoms with van der Waals surface area (Å²) >= 11 is 0. The smallest absolute Gasteiger partial charge is 0.294 e. The minimum atomic E-state index is -0.617. The molecular weight excluding hydrogens is 473 g/mol. The number of aryl methyl sites for hydroxylation is 1. The number of nitrogens with zero attached hydrogens (tertiary/aromatic N) is 6. The lowest BCUT2D eigenvalue weighted by molar-refractivity contribution is 0.101. The number of halogens is 1. The first-order valence-electron chi connectivity index (χ1n) is 11.9. The molecule has 5 rings (SSSR count). The van der Waals surface area contributed by atoms with Crippen LogP contribution in [0.15, 0.2) is 71.9 Å².